The van der Waals surface area contributed by atoms with Gasteiger partial charge in [0.1, 0.15) is 17.7 Å². The minimum Gasteiger partial charge on any atom is -0.480 e. The van der Waals surface area contributed by atoms with Gasteiger partial charge in [-0.3, -0.25) is 4.79 Å². The van der Waals surface area contributed by atoms with Gasteiger partial charge >= 0.3 is 12.1 Å². The molecule has 0 aromatic heterocycles. The van der Waals surface area contributed by atoms with Crippen LogP contribution in [0.25, 0.3) is 11.1 Å². The largest absolute Gasteiger partial charge is 0.480 e. The van der Waals surface area contributed by atoms with Crippen LogP contribution in [0.1, 0.15) is 70.4 Å². The molecule has 1 aliphatic rings. The summed E-state index contributed by atoms with van der Waals surface area (Å²) in [6.07, 6.45) is 0.718. The van der Waals surface area contributed by atoms with Gasteiger partial charge in [0, 0.05) is 5.92 Å². The number of hydrogen-bond donors (Lipinski definition) is 3. The molecule has 2 aromatic rings. The molecule has 3 rings (SSSR count). The van der Waals surface area contributed by atoms with Crippen LogP contribution in [0.5, 0.6) is 0 Å². The first kappa shape index (κ1) is 25.3. The van der Waals surface area contributed by atoms with Crippen LogP contribution in [-0.2, 0) is 14.3 Å². The van der Waals surface area contributed by atoms with Crippen LogP contribution in [0, 0.1) is 0 Å². The van der Waals surface area contributed by atoms with Gasteiger partial charge in [-0.2, -0.15) is 0 Å². The molecule has 34 heavy (non-hydrogen) atoms. The number of rotatable bonds is 10. The van der Waals surface area contributed by atoms with Crippen molar-refractivity contribution in [3.05, 3.63) is 59.7 Å². The van der Waals surface area contributed by atoms with Gasteiger partial charge in [-0.05, 0) is 48.4 Å². The molecule has 1 atom stereocenters. The second-order valence-corrected chi connectivity index (χ2v) is 9.08. The average molecular weight is 467 g/mol. The molecule has 0 spiro atoms. The molecule has 0 saturated carbocycles. The molecule has 0 bridgehead atoms. The predicted molar refractivity (Wildman–Crippen MR) is 131 cm³/mol. The van der Waals surface area contributed by atoms with Crippen molar-refractivity contribution >= 4 is 18.0 Å². The third-order valence-electron chi connectivity index (χ3n) is 6.94. The predicted octanol–water partition coefficient (Wildman–Crippen LogP) is 4.84. The zero-order chi connectivity index (χ0) is 24.9. The lowest BCUT2D eigenvalue weighted by Gasteiger charge is -2.35. The highest BCUT2D eigenvalue weighted by Gasteiger charge is 2.43. The number of amides is 2. The van der Waals surface area contributed by atoms with Gasteiger partial charge in [-0.1, -0.05) is 75.7 Å². The second-order valence-electron chi connectivity index (χ2n) is 9.08. The number of fused-ring (bicyclic) bond motifs is 3. The lowest BCUT2D eigenvalue weighted by atomic mass is 9.89. The molecular weight excluding hydrogens is 432 g/mol. The second kappa shape index (κ2) is 10.3. The maximum atomic E-state index is 13.2. The lowest BCUT2D eigenvalue weighted by molar-refractivity contribution is -0.149. The van der Waals surface area contributed by atoms with Gasteiger partial charge in [0.15, 0.2) is 0 Å². The maximum absolute atomic E-state index is 13.2. The number of nitrogens with one attached hydrogen (secondary N) is 2. The number of carbonyl (C=O) groups excluding carboxylic acids is 2. The first-order valence-corrected chi connectivity index (χ1v) is 11.9. The molecule has 1 unspecified atom stereocenters. The molecule has 0 saturated heterocycles. The van der Waals surface area contributed by atoms with Crippen molar-refractivity contribution in [2.24, 2.45) is 0 Å². The Balaban J connectivity index is 1.73. The van der Waals surface area contributed by atoms with E-state index >= 15 is 0 Å². The molecule has 3 N–H and O–H groups in total. The Bertz CT molecular complexity index is 1020. The van der Waals surface area contributed by atoms with Crippen molar-refractivity contribution in [1.82, 2.24) is 10.6 Å². The quantitative estimate of drug-likeness (QED) is 0.465. The van der Waals surface area contributed by atoms with Crippen LogP contribution in [0.3, 0.4) is 0 Å². The Kier molecular flexibility index (Phi) is 7.64. The van der Waals surface area contributed by atoms with Crippen molar-refractivity contribution in [3.63, 3.8) is 0 Å². The number of carboxylic acid groups (broad SMARTS) is 1. The average Bonchev–Trinajstić information content (AvgIpc) is 3.14. The molecule has 7 heteroatoms. The molecular formula is C27H34N2O5. The highest BCUT2D eigenvalue weighted by atomic mass is 16.5. The minimum atomic E-state index is -1.38. The van der Waals surface area contributed by atoms with Crippen LogP contribution in [0.4, 0.5) is 4.79 Å². The highest BCUT2D eigenvalue weighted by molar-refractivity contribution is 5.94. The summed E-state index contributed by atoms with van der Waals surface area (Å²) in [5.74, 6) is -1.72. The SMILES string of the molecule is CCCC(C)(NC(=O)OCC1c2ccccc2-c2ccccc21)C(=O)NC(CC)(CC)C(=O)O. The van der Waals surface area contributed by atoms with Crippen molar-refractivity contribution in [1.29, 1.82) is 0 Å². The number of carboxylic acids is 1. The molecule has 7 nitrogen and oxygen atoms in total. The van der Waals surface area contributed by atoms with E-state index in [-0.39, 0.29) is 25.4 Å². The first-order chi connectivity index (χ1) is 16.2. The van der Waals surface area contributed by atoms with Gasteiger partial charge in [0.2, 0.25) is 5.91 Å². The van der Waals surface area contributed by atoms with Crippen LogP contribution in [0.2, 0.25) is 0 Å². The summed E-state index contributed by atoms with van der Waals surface area (Å²) < 4.78 is 5.62. The Labute approximate surface area is 200 Å². The minimum absolute atomic E-state index is 0.0933. The number of alkyl carbamates (subject to hydrolysis) is 1. The van der Waals surface area contributed by atoms with Crippen LogP contribution in [-0.4, -0.2) is 40.8 Å². The van der Waals surface area contributed by atoms with Crippen molar-refractivity contribution in [2.45, 2.75) is 70.4 Å². The molecule has 1 aliphatic carbocycles. The summed E-state index contributed by atoms with van der Waals surface area (Å²) in [6.45, 7) is 7.06. The van der Waals surface area contributed by atoms with E-state index in [1.54, 1.807) is 20.8 Å². The lowest BCUT2D eigenvalue weighted by Crippen LogP contribution is -2.63. The standard InChI is InChI=1S/C27H34N2O5/c1-5-16-26(4,23(30)28-27(6-2,7-3)24(31)32)29-25(33)34-17-22-20-14-10-8-12-18(20)19-13-9-11-15-21(19)22/h8-15,22H,5-7,16-17H2,1-4H3,(H,28,30)(H,29,33)(H,31,32). The summed E-state index contributed by atoms with van der Waals surface area (Å²) in [5, 5.41) is 15.1. The third-order valence-corrected chi connectivity index (χ3v) is 6.94. The first-order valence-electron chi connectivity index (χ1n) is 11.9. The van der Waals surface area contributed by atoms with Gasteiger partial charge in [-0.15, -0.1) is 0 Å². The van der Waals surface area contributed by atoms with Gasteiger partial charge in [-0.25, -0.2) is 9.59 Å². The molecule has 182 valence electrons. The van der Waals surface area contributed by atoms with E-state index in [0.717, 1.165) is 22.3 Å². The zero-order valence-electron chi connectivity index (χ0n) is 20.3. The van der Waals surface area contributed by atoms with Crippen LogP contribution < -0.4 is 10.6 Å². The number of carbonyl (C=O) groups is 3. The number of benzene rings is 2. The van der Waals surface area contributed by atoms with Crippen molar-refractivity contribution in [3.8, 4) is 11.1 Å². The fourth-order valence-electron chi connectivity index (χ4n) is 4.73. The van der Waals surface area contributed by atoms with E-state index in [0.29, 0.717) is 12.8 Å². The highest BCUT2D eigenvalue weighted by Crippen LogP contribution is 2.44. The summed E-state index contributed by atoms with van der Waals surface area (Å²) in [6, 6.07) is 16.1. The zero-order valence-corrected chi connectivity index (χ0v) is 20.3. The van der Waals surface area contributed by atoms with Gasteiger partial charge < -0.3 is 20.5 Å². The summed E-state index contributed by atoms with van der Waals surface area (Å²) in [7, 11) is 0. The topological polar surface area (TPSA) is 105 Å². The number of ether oxygens (including phenoxy) is 1. The fourth-order valence-corrected chi connectivity index (χ4v) is 4.73. The van der Waals surface area contributed by atoms with E-state index in [4.69, 9.17) is 4.74 Å². The maximum Gasteiger partial charge on any atom is 0.408 e. The van der Waals surface area contributed by atoms with Crippen molar-refractivity contribution in [2.75, 3.05) is 6.61 Å². The van der Waals surface area contributed by atoms with E-state index < -0.39 is 29.0 Å². The molecule has 2 amide bonds. The molecule has 0 radical (unpaired) electrons. The van der Waals surface area contributed by atoms with Crippen LogP contribution in [0.15, 0.2) is 48.5 Å². The summed E-state index contributed by atoms with van der Waals surface area (Å²) >= 11 is 0. The van der Waals surface area contributed by atoms with Crippen LogP contribution >= 0.6 is 0 Å². The Hall–Kier alpha value is -3.35. The number of hydrogen-bond acceptors (Lipinski definition) is 4. The summed E-state index contributed by atoms with van der Waals surface area (Å²) in [5.41, 5.74) is 1.78. The van der Waals surface area contributed by atoms with Gasteiger partial charge in [0.05, 0.1) is 0 Å². The normalized spacial score (nSPS) is 14.5. The van der Waals surface area contributed by atoms with E-state index in [9.17, 15) is 19.5 Å². The molecule has 0 fully saturated rings. The smallest absolute Gasteiger partial charge is 0.408 e. The summed E-state index contributed by atoms with van der Waals surface area (Å²) in [4.78, 5) is 37.8. The third kappa shape index (κ3) is 4.79. The molecule has 2 aromatic carbocycles. The van der Waals surface area contributed by atoms with E-state index in [2.05, 4.69) is 22.8 Å². The van der Waals surface area contributed by atoms with Crippen molar-refractivity contribution < 1.29 is 24.2 Å². The molecule has 0 aliphatic heterocycles. The number of aliphatic carboxylic acids is 1. The Morgan fingerprint density at radius 2 is 1.44 bits per heavy atom. The fraction of sp³-hybridized carbons (Fsp3) is 0.444. The molecule has 0 heterocycles. The Morgan fingerprint density at radius 3 is 1.91 bits per heavy atom. The van der Waals surface area contributed by atoms with Gasteiger partial charge in [0.25, 0.3) is 0 Å². The Morgan fingerprint density at radius 1 is 0.912 bits per heavy atom. The van der Waals surface area contributed by atoms with E-state index in [1.165, 1.54) is 0 Å². The van der Waals surface area contributed by atoms with E-state index in [1.807, 2.05) is 43.3 Å². The monoisotopic (exact) mass is 466 g/mol.